The molecule has 4 unspecified atom stereocenters. The number of methoxy groups -OCH3 is 1. The molecule has 50 heavy (non-hydrogen) atoms. The number of nitrogens with two attached hydrogens (primary N) is 2. The Labute approximate surface area is 298 Å². The van der Waals surface area contributed by atoms with E-state index in [0.29, 0.717) is 12.0 Å². The monoisotopic (exact) mass is 726 g/mol. The highest BCUT2D eigenvalue weighted by Gasteiger charge is 2.64. The first-order chi connectivity index (χ1) is 23.5. The Morgan fingerprint density at radius 2 is 1.42 bits per heavy atom. The summed E-state index contributed by atoms with van der Waals surface area (Å²) in [5.41, 5.74) is 13.3. The second kappa shape index (κ2) is 14.2. The third-order valence-corrected chi connectivity index (χ3v) is 12.4. The minimum atomic E-state index is -1.03. The fraction of sp³-hybridized carbons (Fsp3) is 0.471. The number of ether oxygens (including phenoxy) is 1. The van der Waals surface area contributed by atoms with E-state index in [-0.39, 0.29) is 28.5 Å². The zero-order chi connectivity index (χ0) is 36.7. The van der Waals surface area contributed by atoms with Crippen molar-refractivity contribution in [2.75, 3.05) is 7.11 Å². The van der Waals surface area contributed by atoms with Gasteiger partial charge in [-0.05, 0) is 38.8 Å². The number of aliphatic carboxylic acids is 1. The number of carboxylic acids is 1. The van der Waals surface area contributed by atoms with Gasteiger partial charge in [-0.3, -0.25) is 19.2 Å². The quantitative estimate of drug-likeness (QED) is 0.178. The second-order valence-corrected chi connectivity index (χ2v) is 17.1. The molecule has 4 fully saturated rings. The minimum Gasteiger partial charge on any atom is -0.480 e. The van der Waals surface area contributed by atoms with Gasteiger partial charge in [-0.25, -0.2) is 9.59 Å². The predicted molar refractivity (Wildman–Crippen MR) is 187 cm³/mol. The number of thioether (sulfide) groups is 2. The topological polar surface area (TPSA) is 214 Å². The number of nitrogens with one attached hydrogen (secondary N) is 2. The molecule has 4 aliphatic heterocycles. The Morgan fingerprint density at radius 3 is 2.00 bits per heavy atom. The zero-order valence-electron chi connectivity index (χ0n) is 28.3. The van der Waals surface area contributed by atoms with Crippen LogP contribution in [0.4, 0.5) is 0 Å². The van der Waals surface area contributed by atoms with Crippen LogP contribution in [0.3, 0.4) is 0 Å². The molecule has 0 aromatic heterocycles. The van der Waals surface area contributed by atoms with Gasteiger partial charge in [0.2, 0.25) is 23.6 Å². The number of benzene rings is 2. The molecule has 6 rings (SSSR count). The van der Waals surface area contributed by atoms with Crippen molar-refractivity contribution in [2.24, 2.45) is 11.5 Å². The van der Waals surface area contributed by atoms with Gasteiger partial charge in [0.15, 0.2) is 0 Å². The van der Waals surface area contributed by atoms with Gasteiger partial charge >= 0.3 is 11.9 Å². The summed E-state index contributed by atoms with van der Waals surface area (Å²) in [6.07, 6.45) is 0.316. The van der Waals surface area contributed by atoms with E-state index in [0.717, 1.165) is 5.56 Å². The van der Waals surface area contributed by atoms with E-state index in [1.165, 1.54) is 40.4 Å². The van der Waals surface area contributed by atoms with Gasteiger partial charge < -0.3 is 41.7 Å². The SMILES string of the molecule is CC1(C)S[C@@H]2[C@H](NC(=O)[C@H](N)c3ccccc3)C(=O)N2[C@H]1C(=O)O.COC(=O)C(Cc1ccccc1)NC(=O)C1N2C(=O)C(N)C2SC1(C)C. The third kappa shape index (κ3) is 6.93. The van der Waals surface area contributed by atoms with E-state index in [2.05, 4.69) is 10.6 Å². The molecule has 16 heteroatoms. The van der Waals surface area contributed by atoms with Crippen molar-refractivity contribution in [1.29, 1.82) is 0 Å². The number of nitrogens with zero attached hydrogens (tertiary/aromatic N) is 2. The Morgan fingerprint density at radius 1 is 0.880 bits per heavy atom. The smallest absolute Gasteiger partial charge is 0.328 e. The molecule has 0 bridgehead atoms. The zero-order valence-corrected chi connectivity index (χ0v) is 29.9. The number of β-lactam (4-membered cyclic amide) rings is 2. The fourth-order valence-electron chi connectivity index (χ4n) is 6.70. The average Bonchev–Trinajstić information content (AvgIpc) is 3.51. The van der Waals surface area contributed by atoms with Gasteiger partial charge in [-0.1, -0.05) is 60.7 Å². The van der Waals surface area contributed by atoms with Crippen LogP contribution in [0, 0.1) is 0 Å². The lowest BCUT2D eigenvalue weighted by molar-refractivity contribution is -0.161. The maximum Gasteiger partial charge on any atom is 0.328 e. The number of carboxylic acid groups (broad SMARTS) is 1. The van der Waals surface area contributed by atoms with Crippen molar-refractivity contribution >= 4 is 59.1 Å². The van der Waals surface area contributed by atoms with Crippen LogP contribution in [-0.4, -0.2) is 108 Å². The molecule has 4 heterocycles. The molecule has 14 nitrogen and oxygen atoms in total. The van der Waals surface area contributed by atoms with Crippen LogP contribution in [0.2, 0.25) is 0 Å². The number of carbonyl (C=O) groups is 6. The van der Waals surface area contributed by atoms with E-state index >= 15 is 0 Å². The van der Waals surface area contributed by atoms with Gasteiger partial charge in [0.05, 0.1) is 7.11 Å². The van der Waals surface area contributed by atoms with Crippen LogP contribution in [-0.2, 0) is 39.9 Å². The highest BCUT2D eigenvalue weighted by atomic mass is 32.2. The van der Waals surface area contributed by atoms with E-state index in [4.69, 9.17) is 16.2 Å². The fourth-order valence-corrected chi connectivity index (χ4v) is 9.90. The van der Waals surface area contributed by atoms with E-state index in [1.807, 2.05) is 50.2 Å². The van der Waals surface area contributed by atoms with Crippen molar-refractivity contribution in [3.05, 3.63) is 71.8 Å². The molecular formula is C34H42N6O8S2. The second-order valence-electron chi connectivity index (χ2n) is 13.5. The number of hydrogen-bond donors (Lipinski definition) is 5. The molecule has 0 spiro atoms. The van der Waals surface area contributed by atoms with Crippen LogP contribution in [0.5, 0.6) is 0 Å². The first-order valence-electron chi connectivity index (χ1n) is 16.0. The molecule has 0 radical (unpaired) electrons. The number of rotatable bonds is 9. The average molecular weight is 727 g/mol. The molecule has 8 atom stereocenters. The molecule has 4 aliphatic rings. The van der Waals surface area contributed by atoms with Crippen LogP contribution in [0.1, 0.15) is 44.9 Å². The molecule has 0 aliphatic carbocycles. The first-order valence-corrected chi connectivity index (χ1v) is 17.8. The van der Waals surface area contributed by atoms with Crippen LogP contribution in [0.25, 0.3) is 0 Å². The number of fused-ring (bicyclic) bond motifs is 2. The highest BCUT2D eigenvalue weighted by molar-refractivity contribution is 8.02. The molecule has 268 valence electrons. The first kappa shape index (κ1) is 37.1. The summed E-state index contributed by atoms with van der Waals surface area (Å²) in [5.74, 6) is -2.97. The Bertz CT molecular complexity index is 1660. The van der Waals surface area contributed by atoms with Crippen LogP contribution >= 0.6 is 23.5 Å². The van der Waals surface area contributed by atoms with E-state index in [9.17, 15) is 33.9 Å². The van der Waals surface area contributed by atoms with Gasteiger partial charge in [-0.15, -0.1) is 23.5 Å². The number of hydrogen-bond acceptors (Lipinski definition) is 11. The standard InChI is InChI=1S/C18H23N3O4S.C16H19N3O4S/c1-18(2)13(21-15(23)12(19)16(21)26-18)14(22)20-11(17(24)25-3)9-10-7-5-4-6-8-10;1-16(2)11(15(22)23)19-13(21)10(14(19)24-16)18-12(20)9(17)8-6-4-3-5-7-8/h4-8,11-13,16H,9,19H2,1-3H3,(H,20,22);3-7,9-11,14H,17H2,1-2H3,(H,18,20)(H,22,23)/t;9-,10-,11+,14-/m.1/s1. The predicted octanol–water partition coefficient (Wildman–Crippen LogP) is 0.595. The summed E-state index contributed by atoms with van der Waals surface area (Å²) in [6.45, 7) is 7.39. The van der Waals surface area contributed by atoms with Crippen LogP contribution in [0.15, 0.2) is 60.7 Å². The lowest BCUT2D eigenvalue weighted by Gasteiger charge is -2.43. The van der Waals surface area contributed by atoms with Gasteiger partial charge in [-0.2, -0.15) is 0 Å². The molecule has 4 amide bonds. The maximum absolute atomic E-state index is 13.0. The summed E-state index contributed by atoms with van der Waals surface area (Å²) >= 11 is 2.90. The third-order valence-electron chi connectivity index (χ3n) is 9.23. The molecule has 4 saturated heterocycles. The summed E-state index contributed by atoms with van der Waals surface area (Å²) < 4.78 is 3.73. The Hall–Kier alpha value is -4.12. The molecule has 0 saturated carbocycles. The lowest BCUT2D eigenvalue weighted by atomic mass is 9.95. The summed E-state index contributed by atoms with van der Waals surface area (Å²) in [5, 5.41) is 14.2. The Balaban J connectivity index is 0.000000195. The Kier molecular flexibility index (Phi) is 10.6. The van der Waals surface area contributed by atoms with Crippen molar-refractivity contribution in [2.45, 2.75) is 90.6 Å². The van der Waals surface area contributed by atoms with Crippen molar-refractivity contribution in [3.8, 4) is 0 Å². The minimum absolute atomic E-state index is 0.195. The normalized spacial score (nSPS) is 28.0. The lowest BCUT2D eigenvalue weighted by Crippen LogP contribution is -2.71. The number of esters is 1. The molecule has 2 aromatic rings. The van der Waals surface area contributed by atoms with Gasteiger partial charge in [0.25, 0.3) is 0 Å². The van der Waals surface area contributed by atoms with Crippen molar-refractivity contribution in [1.82, 2.24) is 20.4 Å². The number of amides is 4. The van der Waals surface area contributed by atoms with E-state index in [1.54, 1.807) is 38.1 Å². The van der Waals surface area contributed by atoms with E-state index < -0.39 is 63.6 Å². The molecule has 2 aromatic carbocycles. The highest BCUT2D eigenvalue weighted by Crippen LogP contribution is 2.51. The largest absolute Gasteiger partial charge is 0.480 e. The maximum atomic E-state index is 13.0. The summed E-state index contributed by atoms with van der Waals surface area (Å²) in [6, 6.07) is 13.7. The van der Waals surface area contributed by atoms with Crippen molar-refractivity contribution in [3.63, 3.8) is 0 Å². The van der Waals surface area contributed by atoms with Crippen LogP contribution < -0.4 is 22.1 Å². The summed E-state index contributed by atoms with van der Waals surface area (Å²) in [7, 11) is 1.29. The number of carbonyl (C=O) groups excluding carboxylic acids is 5. The van der Waals surface area contributed by atoms with Crippen molar-refractivity contribution < 1.29 is 38.6 Å². The molecule has 7 N–H and O–H groups in total. The summed E-state index contributed by atoms with van der Waals surface area (Å²) in [4.78, 5) is 76.2. The van der Waals surface area contributed by atoms with Gasteiger partial charge in [0.1, 0.15) is 47.0 Å². The molecular weight excluding hydrogens is 685 g/mol. The van der Waals surface area contributed by atoms with Gasteiger partial charge in [0, 0.05) is 15.9 Å².